The maximum atomic E-state index is 3.50. The number of benzene rings is 1. The van der Waals surface area contributed by atoms with Crippen molar-refractivity contribution in [1.82, 2.24) is 10.2 Å². The van der Waals surface area contributed by atoms with Gasteiger partial charge in [0, 0.05) is 32.2 Å². The quantitative estimate of drug-likeness (QED) is 0.797. The molecule has 0 radical (unpaired) electrons. The highest BCUT2D eigenvalue weighted by Gasteiger charge is 2.20. The van der Waals surface area contributed by atoms with E-state index in [2.05, 4.69) is 59.6 Å². The van der Waals surface area contributed by atoms with E-state index >= 15 is 0 Å². The van der Waals surface area contributed by atoms with Gasteiger partial charge in [0.15, 0.2) is 0 Å². The van der Waals surface area contributed by atoms with Crippen molar-refractivity contribution >= 4 is 0 Å². The Labute approximate surface area is 104 Å². The fourth-order valence-electron chi connectivity index (χ4n) is 2.37. The maximum absolute atomic E-state index is 3.50. The van der Waals surface area contributed by atoms with Crippen molar-refractivity contribution in [2.75, 3.05) is 26.2 Å². The highest BCUT2D eigenvalue weighted by atomic mass is 15.2. The van der Waals surface area contributed by atoms with Gasteiger partial charge in [0.25, 0.3) is 0 Å². The standard InChI is InChI=1S/C15H22N2/c1-2-3-10-17-11-9-16-13-15(17)12-14-7-5-4-6-8-14/h2-8,15-16H,9-13H2,1H3/b3-2+. The van der Waals surface area contributed by atoms with Crippen molar-refractivity contribution in [3.63, 3.8) is 0 Å². The zero-order chi connectivity index (χ0) is 11.9. The zero-order valence-corrected chi connectivity index (χ0v) is 10.6. The van der Waals surface area contributed by atoms with Gasteiger partial charge in [0.1, 0.15) is 0 Å². The summed E-state index contributed by atoms with van der Waals surface area (Å²) in [7, 11) is 0. The number of hydrogen-bond donors (Lipinski definition) is 1. The summed E-state index contributed by atoms with van der Waals surface area (Å²) in [5.74, 6) is 0. The average molecular weight is 230 g/mol. The first kappa shape index (κ1) is 12.3. The summed E-state index contributed by atoms with van der Waals surface area (Å²) in [6.07, 6.45) is 5.54. The molecule has 2 rings (SSSR count). The fraction of sp³-hybridized carbons (Fsp3) is 0.467. The van der Waals surface area contributed by atoms with Crippen LogP contribution in [-0.4, -0.2) is 37.1 Å². The summed E-state index contributed by atoms with van der Waals surface area (Å²) in [5.41, 5.74) is 1.44. The van der Waals surface area contributed by atoms with E-state index in [1.54, 1.807) is 0 Å². The Hall–Kier alpha value is -1.12. The second-order valence-corrected chi connectivity index (χ2v) is 4.61. The van der Waals surface area contributed by atoms with Crippen molar-refractivity contribution in [3.05, 3.63) is 48.0 Å². The maximum Gasteiger partial charge on any atom is 0.0264 e. The molecule has 1 N–H and O–H groups in total. The Morgan fingerprint density at radius 3 is 2.94 bits per heavy atom. The predicted molar refractivity (Wildman–Crippen MR) is 73.2 cm³/mol. The molecule has 1 saturated heterocycles. The fourth-order valence-corrected chi connectivity index (χ4v) is 2.37. The molecule has 92 valence electrons. The van der Waals surface area contributed by atoms with Gasteiger partial charge >= 0.3 is 0 Å². The van der Waals surface area contributed by atoms with Crippen molar-refractivity contribution in [3.8, 4) is 0 Å². The third-order valence-electron chi connectivity index (χ3n) is 3.36. The van der Waals surface area contributed by atoms with Gasteiger partial charge in [-0.05, 0) is 18.9 Å². The van der Waals surface area contributed by atoms with Crippen molar-refractivity contribution in [2.45, 2.75) is 19.4 Å². The lowest BCUT2D eigenvalue weighted by atomic mass is 10.0. The SMILES string of the molecule is C/C=C/CN1CCNCC1Cc1ccccc1. The largest absolute Gasteiger partial charge is 0.314 e. The first-order valence-electron chi connectivity index (χ1n) is 6.50. The lowest BCUT2D eigenvalue weighted by molar-refractivity contribution is 0.178. The van der Waals surface area contributed by atoms with E-state index in [-0.39, 0.29) is 0 Å². The van der Waals surface area contributed by atoms with Crippen LogP contribution in [0.15, 0.2) is 42.5 Å². The molecule has 1 aromatic rings. The van der Waals surface area contributed by atoms with Crippen LogP contribution < -0.4 is 5.32 Å². The molecule has 2 nitrogen and oxygen atoms in total. The van der Waals surface area contributed by atoms with Gasteiger partial charge in [-0.15, -0.1) is 0 Å². The van der Waals surface area contributed by atoms with E-state index in [9.17, 15) is 0 Å². The van der Waals surface area contributed by atoms with Crippen LogP contribution in [-0.2, 0) is 6.42 Å². The molecule has 1 atom stereocenters. The van der Waals surface area contributed by atoms with E-state index in [0.29, 0.717) is 6.04 Å². The molecule has 0 bridgehead atoms. The molecule has 1 unspecified atom stereocenters. The van der Waals surface area contributed by atoms with E-state index in [0.717, 1.165) is 32.6 Å². The normalized spacial score (nSPS) is 22.1. The molecule has 1 aliphatic heterocycles. The molecular weight excluding hydrogens is 208 g/mol. The van der Waals surface area contributed by atoms with Gasteiger partial charge in [-0.3, -0.25) is 4.90 Å². The molecule has 0 aliphatic carbocycles. The number of nitrogens with one attached hydrogen (secondary N) is 1. The third-order valence-corrected chi connectivity index (χ3v) is 3.36. The number of piperazine rings is 1. The van der Waals surface area contributed by atoms with Crippen LogP contribution in [0.25, 0.3) is 0 Å². The average Bonchev–Trinajstić information content (AvgIpc) is 2.39. The Kier molecular flexibility index (Phi) is 4.77. The lowest BCUT2D eigenvalue weighted by Crippen LogP contribution is -2.52. The van der Waals surface area contributed by atoms with Crippen molar-refractivity contribution in [2.24, 2.45) is 0 Å². The van der Waals surface area contributed by atoms with Crippen LogP contribution in [0.1, 0.15) is 12.5 Å². The smallest absolute Gasteiger partial charge is 0.0264 e. The first-order valence-corrected chi connectivity index (χ1v) is 6.50. The molecular formula is C15H22N2. The summed E-state index contributed by atoms with van der Waals surface area (Å²) in [4.78, 5) is 2.57. The molecule has 0 aromatic heterocycles. The topological polar surface area (TPSA) is 15.3 Å². The lowest BCUT2D eigenvalue weighted by Gasteiger charge is -2.35. The summed E-state index contributed by atoms with van der Waals surface area (Å²) in [6, 6.07) is 11.4. The van der Waals surface area contributed by atoms with Crippen LogP contribution in [0.4, 0.5) is 0 Å². The summed E-state index contributed by atoms with van der Waals surface area (Å²) in [6.45, 7) is 6.54. The van der Waals surface area contributed by atoms with Gasteiger partial charge in [-0.25, -0.2) is 0 Å². The van der Waals surface area contributed by atoms with Crippen molar-refractivity contribution in [1.29, 1.82) is 0 Å². The van der Waals surface area contributed by atoms with Crippen LogP contribution in [0.3, 0.4) is 0 Å². The van der Waals surface area contributed by atoms with Crippen LogP contribution >= 0.6 is 0 Å². The molecule has 1 aromatic carbocycles. The second kappa shape index (κ2) is 6.58. The zero-order valence-electron chi connectivity index (χ0n) is 10.6. The number of rotatable bonds is 4. The molecule has 2 heteroatoms. The highest BCUT2D eigenvalue weighted by molar-refractivity contribution is 5.16. The summed E-state index contributed by atoms with van der Waals surface area (Å²) < 4.78 is 0. The Morgan fingerprint density at radius 1 is 1.35 bits per heavy atom. The minimum absolute atomic E-state index is 0.627. The number of allylic oxidation sites excluding steroid dienone is 1. The van der Waals surface area contributed by atoms with Gasteiger partial charge < -0.3 is 5.32 Å². The monoisotopic (exact) mass is 230 g/mol. The Morgan fingerprint density at radius 2 is 2.18 bits per heavy atom. The number of nitrogens with zero attached hydrogens (tertiary/aromatic N) is 1. The molecule has 0 saturated carbocycles. The first-order chi connectivity index (χ1) is 8.40. The van der Waals surface area contributed by atoms with E-state index in [4.69, 9.17) is 0 Å². The van der Waals surface area contributed by atoms with Gasteiger partial charge in [-0.1, -0.05) is 42.5 Å². The van der Waals surface area contributed by atoms with Gasteiger partial charge in [0.05, 0.1) is 0 Å². The molecule has 1 heterocycles. The molecule has 17 heavy (non-hydrogen) atoms. The van der Waals surface area contributed by atoms with Crippen molar-refractivity contribution < 1.29 is 0 Å². The predicted octanol–water partition coefficient (Wildman–Crippen LogP) is 2.08. The van der Waals surface area contributed by atoms with Crippen LogP contribution in [0, 0.1) is 0 Å². The highest BCUT2D eigenvalue weighted by Crippen LogP contribution is 2.10. The van der Waals surface area contributed by atoms with E-state index in [1.165, 1.54) is 5.56 Å². The Balaban J connectivity index is 1.96. The third kappa shape index (κ3) is 3.69. The second-order valence-electron chi connectivity index (χ2n) is 4.61. The molecule has 0 amide bonds. The molecule has 1 aliphatic rings. The van der Waals surface area contributed by atoms with Gasteiger partial charge in [0.2, 0.25) is 0 Å². The summed E-state index contributed by atoms with van der Waals surface area (Å²) in [5, 5.41) is 3.50. The minimum atomic E-state index is 0.627. The van der Waals surface area contributed by atoms with Crippen LogP contribution in [0.2, 0.25) is 0 Å². The van der Waals surface area contributed by atoms with Crippen LogP contribution in [0.5, 0.6) is 0 Å². The van der Waals surface area contributed by atoms with E-state index < -0.39 is 0 Å². The number of hydrogen-bond acceptors (Lipinski definition) is 2. The summed E-state index contributed by atoms with van der Waals surface area (Å²) >= 11 is 0. The Bertz CT molecular complexity index is 345. The molecule has 1 fully saturated rings. The molecule has 0 spiro atoms. The van der Waals surface area contributed by atoms with Gasteiger partial charge in [-0.2, -0.15) is 0 Å². The van der Waals surface area contributed by atoms with E-state index in [1.807, 2.05) is 0 Å². The minimum Gasteiger partial charge on any atom is -0.314 e.